The van der Waals surface area contributed by atoms with Gasteiger partial charge in [0.1, 0.15) is 5.69 Å². The van der Waals surface area contributed by atoms with Crippen molar-refractivity contribution in [1.82, 2.24) is 15.0 Å². The van der Waals surface area contributed by atoms with Crippen LogP contribution in [-0.2, 0) is 11.2 Å². The Morgan fingerprint density at radius 2 is 1.84 bits per heavy atom. The summed E-state index contributed by atoms with van der Waals surface area (Å²) in [7, 11) is 0. The summed E-state index contributed by atoms with van der Waals surface area (Å²) in [5.41, 5.74) is 2.67. The van der Waals surface area contributed by atoms with E-state index in [2.05, 4.69) is 10.3 Å². The van der Waals surface area contributed by atoms with Crippen LogP contribution >= 0.6 is 0 Å². The van der Waals surface area contributed by atoms with Crippen molar-refractivity contribution in [3.05, 3.63) is 36.0 Å². The molecule has 1 heterocycles. The lowest BCUT2D eigenvalue weighted by molar-refractivity contribution is -0.139. The Hall–Kier alpha value is -2.25. The van der Waals surface area contributed by atoms with Crippen molar-refractivity contribution < 1.29 is 20.1 Å². The van der Waals surface area contributed by atoms with Crippen LogP contribution in [0.2, 0.25) is 0 Å². The number of carbonyl (C=O) groups is 1. The number of aromatic nitrogens is 3. The molecule has 2 rings (SSSR count). The Balaban J connectivity index is 2.10. The summed E-state index contributed by atoms with van der Waals surface area (Å²) in [4.78, 5) is 10.6. The molecule has 2 unspecified atom stereocenters. The van der Waals surface area contributed by atoms with E-state index < -0.39 is 18.2 Å². The zero-order valence-corrected chi connectivity index (χ0v) is 14.5. The number of aliphatic hydroxyl groups excluding tert-OH is 2. The van der Waals surface area contributed by atoms with Crippen molar-refractivity contribution in [1.29, 1.82) is 0 Å². The van der Waals surface area contributed by atoms with Crippen LogP contribution in [0.15, 0.2) is 30.3 Å². The Labute approximate surface area is 146 Å². The van der Waals surface area contributed by atoms with Gasteiger partial charge in [-0.1, -0.05) is 35.5 Å². The van der Waals surface area contributed by atoms with Crippen molar-refractivity contribution in [3.63, 3.8) is 0 Å². The third-order valence-electron chi connectivity index (χ3n) is 4.00. The van der Waals surface area contributed by atoms with Gasteiger partial charge >= 0.3 is 5.97 Å². The van der Waals surface area contributed by atoms with Gasteiger partial charge in [-0.15, -0.1) is 5.10 Å². The second-order valence-corrected chi connectivity index (χ2v) is 6.47. The highest BCUT2D eigenvalue weighted by molar-refractivity contribution is 5.67. The largest absolute Gasteiger partial charge is 0.481 e. The van der Waals surface area contributed by atoms with Crippen LogP contribution in [-0.4, -0.2) is 48.5 Å². The first kappa shape index (κ1) is 19.1. The number of hydrogen-bond acceptors (Lipinski definition) is 5. The van der Waals surface area contributed by atoms with Gasteiger partial charge < -0.3 is 15.3 Å². The molecule has 0 saturated heterocycles. The molecule has 0 fully saturated rings. The van der Waals surface area contributed by atoms with Gasteiger partial charge in [-0.2, -0.15) is 0 Å². The molecule has 0 spiro atoms. The lowest BCUT2D eigenvalue weighted by atomic mass is 10.0. The Bertz CT molecular complexity index is 685. The van der Waals surface area contributed by atoms with E-state index in [0.29, 0.717) is 12.8 Å². The summed E-state index contributed by atoms with van der Waals surface area (Å²) in [6.45, 7) is 4.03. The topological polar surface area (TPSA) is 108 Å². The molecule has 0 amide bonds. The molecule has 0 aliphatic heterocycles. The highest BCUT2D eigenvalue weighted by Gasteiger charge is 2.20. The summed E-state index contributed by atoms with van der Waals surface area (Å²) in [5.74, 6) is -1.08. The van der Waals surface area contributed by atoms with Crippen LogP contribution < -0.4 is 0 Å². The first-order valence-electron chi connectivity index (χ1n) is 8.46. The highest BCUT2D eigenvalue weighted by atomic mass is 16.4. The molecule has 2 atom stereocenters. The van der Waals surface area contributed by atoms with Crippen LogP contribution in [0.3, 0.4) is 0 Å². The smallest absolute Gasteiger partial charge is 0.305 e. The average molecular weight is 347 g/mol. The standard InChI is InChI=1S/C18H25N3O4/c1-12(2)21-16(9-8-14(22)10-15(23)11-17(24)25)18(19-20-21)13-6-4-3-5-7-13/h3-7,12,14-15,22-23H,8-11H2,1-2H3,(H,24,25). The minimum atomic E-state index is -1.08. The summed E-state index contributed by atoms with van der Waals surface area (Å²) < 4.78 is 1.84. The monoisotopic (exact) mass is 347 g/mol. The van der Waals surface area contributed by atoms with Crippen LogP contribution in [0.5, 0.6) is 0 Å². The van der Waals surface area contributed by atoms with Crippen LogP contribution in [0.25, 0.3) is 11.3 Å². The lowest BCUT2D eigenvalue weighted by Gasteiger charge is -2.16. The van der Waals surface area contributed by atoms with Gasteiger partial charge in [0.15, 0.2) is 0 Å². The van der Waals surface area contributed by atoms with E-state index >= 15 is 0 Å². The summed E-state index contributed by atoms with van der Waals surface area (Å²) >= 11 is 0. The fourth-order valence-electron chi connectivity index (χ4n) is 2.80. The van der Waals surface area contributed by atoms with Gasteiger partial charge in [0, 0.05) is 11.6 Å². The highest BCUT2D eigenvalue weighted by Crippen LogP contribution is 2.25. The number of aliphatic carboxylic acids is 1. The molecule has 3 N–H and O–H groups in total. The van der Waals surface area contributed by atoms with E-state index in [4.69, 9.17) is 5.11 Å². The zero-order chi connectivity index (χ0) is 18.4. The molecule has 7 heteroatoms. The summed E-state index contributed by atoms with van der Waals surface area (Å²) in [6, 6.07) is 9.87. The van der Waals surface area contributed by atoms with Gasteiger partial charge in [0.25, 0.3) is 0 Å². The van der Waals surface area contributed by atoms with E-state index in [0.717, 1.165) is 17.0 Å². The van der Waals surface area contributed by atoms with Gasteiger partial charge in [-0.3, -0.25) is 4.79 Å². The fraction of sp³-hybridized carbons (Fsp3) is 0.500. The maximum Gasteiger partial charge on any atom is 0.305 e. The van der Waals surface area contributed by atoms with Gasteiger partial charge in [-0.25, -0.2) is 4.68 Å². The second-order valence-electron chi connectivity index (χ2n) is 6.47. The van der Waals surface area contributed by atoms with E-state index in [1.54, 1.807) is 0 Å². The Morgan fingerprint density at radius 1 is 1.16 bits per heavy atom. The molecular weight excluding hydrogens is 322 g/mol. The van der Waals surface area contributed by atoms with E-state index in [9.17, 15) is 15.0 Å². The third-order valence-corrected chi connectivity index (χ3v) is 4.00. The van der Waals surface area contributed by atoms with Gasteiger partial charge in [0.05, 0.1) is 24.3 Å². The fourth-order valence-corrected chi connectivity index (χ4v) is 2.80. The molecular formula is C18H25N3O4. The molecule has 2 aromatic rings. The minimum absolute atomic E-state index is 0.0379. The summed E-state index contributed by atoms with van der Waals surface area (Å²) in [5, 5.41) is 37.0. The molecule has 0 aliphatic rings. The Kier molecular flexibility index (Phi) is 6.66. The van der Waals surface area contributed by atoms with Gasteiger partial charge in [-0.05, 0) is 33.1 Å². The van der Waals surface area contributed by atoms with Crippen LogP contribution in [0.1, 0.15) is 44.8 Å². The molecule has 1 aromatic carbocycles. The van der Waals surface area contributed by atoms with E-state index in [-0.39, 0.29) is 18.9 Å². The van der Waals surface area contributed by atoms with Crippen molar-refractivity contribution in [3.8, 4) is 11.3 Å². The molecule has 25 heavy (non-hydrogen) atoms. The lowest BCUT2D eigenvalue weighted by Crippen LogP contribution is -2.21. The molecule has 136 valence electrons. The molecule has 7 nitrogen and oxygen atoms in total. The number of aliphatic hydroxyl groups is 2. The van der Waals surface area contributed by atoms with E-state index in [1.807, 2.05) is 48.9 Å². The van der Waals surface area contributed by atoms with Crippen molar-refractivity contribution in [2.45, 2.75) is 57.8 Å². The number of hydrogen-bond donors (Lipinski definition) is 3. The first-order chi connectivity index (χ1) is 11.9. The molecule has 0 bridgehead atoms. The predicted molar refractivity (Wildman–Crippen MR) is 93.0 cm³/mol. The van der Waals surface area contributed by atoms with Crippen LogP contribution in [0.4, 0.5) is 0 Å². The second kappa shape index (κ2) is 8.73. The number of nitrogens with zero attached hydrogens (tertiary/aromatic N) is 3. The maximum atomic E-state index is 10.6. The third kappa shape index (κ3) is 5.37. The number of carboxylic acids is 1. The van der Waals surface area contributed by atoms with E-state index in [1.165, 1.54) is 0 Å². The average Bonchev–Trinajstić information content (AvgIpc) is 2.97. The molecule has 0 aliphatic carbocycles. The first-order valence-corrected chi connectivity index (χ1v) is 8.46. The minimum Gasteiger partial charge on any atom is -0.481 e. The zero-order valence-electron chi connectivity index (χ0n) is 14.5. The SMILES string of the molecule is CC(C)n1nnc(-c2ccccc2)c1CCC(O)CC(O)CC(=O)O. The molecule has 1 aromatic heterocycles. The number of benzene rings is 1. The van der Waals surface area contributed by atoms with Crippen molar-refractivity contribution in [2.75, 3.05) is 0 Å². The maximum absolute atomic E-state index is 10.6. The normalized spacial score (nSPS) is 13.8. The number of carboxylic acid groups (broad SMARTS) is 1. The Morgan fingerprint density at radius 3 is 2.44 bits per heavy atom. The van der Waals surface area contributed by atoms with Crippen molar-refractivity contribution in [2.24, 2.45) is 0 Å². The molecule has 0 radical (unpaired) electrons. The summed E-state index contributed by atoms with van der Waals surface area (Å²) in [6.07, 6.45) is -1.22. The quantitative estimate of drug-likeness (QED) is 0.640. The van der Waals surface area contributed by atoms with Gasteiger partial charge in [0.2, 0.25) is 0 Å². The molecule has 0 saturated carbocycles. The van der Waals surface area contributed by atoms with Crippen LogP contribution in [0, 0.1) is 0 Å². The van der Waals surface area contributed by atoms with Crippen molar-refractivity contribution >= 4 is 5.97 Å². The number of rotatable bonds is 9. The predicted octanol–water partition coefficient (Wildman–Crippen LogP) is 2.05.